The molecular weight excluding hydrogens is 238 g/mol. The van der Waals surface area contributed by atoms with Crippen molar-refractivity contribution in [1.29, 1.82) is 0 Å². The van der Waals surface area contributed by atoms with Crippen molar-refractivity contribution in [2.45, 2.75) is 39.2 Å². The number of hydrogen-bond donors (Lipinski definition) is 0. The van der Waals surface area contributed by atoms with Gasteiger partial charge in [0.05, 0.1) is 12.1 Å². The summed E-state index contributed by atoms with van der Waals surface area (Å²) in [7, 11) is 0. The maximum atomic E-state index is 12.0. The monoisotopic (exact) mass is 257 g/mol. The van der Waals surface area contributed by atoms with Crippen LogP contribution in [0.15, 0.2) is 36.8 Å². The SMILES string of the molecule is CCC(C)n1ccc(CC(=O)Cc2ccncc2)n1. The summed E-state index contributed by atoms with van der Waals surface area (Å²) in [6.07, 6.45) is 7.24. The van der Waals surface area contributed by atoms with Gasteiger partial charge in [-0.1, -0.05) is 6.92 Å². The van der Waals surface area contributed by atoms with Crippen molar-refractivity contribution in [3.8, 4) is 0 Å². The summed E-state index contributed by atoms with van der Waals surface area (Å²) in [4.78, 5) is 15.9. The third kappa shape index (κ3) is 3.74. The standard InChI is InChI=1S/C15H19N3O/c1-3-12(2)18-9-6-14(17-18)11-15(19)10-13-4-7-16-8-5-13/h4-9,12H,3,10-11H2,1-2H3. The summed E-state index contributed by atoms with van der Waals surface area (Å²) < 4.78 is 1.93. The average Bonchev–Trinajstić information content (AvgIpc) is 2.87. The highest BCUT2D eigenvalue weighted by atomic mass is 16.1. The molecule has 0 bridgehead atoms. The molecule has 2 rings (SSSR count). The molecule has 0 aliphatic rings. The van der Waals surface area contributed by atoms with Gasteiger partial charge in [0.2, 0.25) is 0 Å². The first kappa shape index (κ1) is 13.5. The minimum Gasteiger partial charge on any atom is -0.299 e. The summed E-state index contributed by atoms with van der Waals surface area (Å²) in [5, 5.41) is 4.45. The van der Waals surface area contributed by atoms with Crippen molar-refractivity contribution in [2.75, 3.05) is 0 Å². The van der Waals surface area contributed by atoms with Crippen LogP contribution in [0, 0.1) is 0 Å². The molecule has 4 heteroatoms. The van der Waals surface area contributed by atoms with Crippen LogP contribution in [0.25, 0.3) is 0 Å². The number of nitrogens with zero attached hydrogens (tertiary/aromatic N) is 3. The lowest BCUT2D eigenvalue weighted by Gasteiger charge is -2.08. The molecule has 2 aromatic rings. The Bertz CT molecular complexity index is 533. The third-order valence-corrected chi connectivity index (χ3v) is 3.23. The highest BCUT2D eigenvalue weighted by molar-refractivity contribution is 5.82. The number of ketones is 1. The molecule has 0 aromatic carbocycles. The average molecular weight is 257 g/mol. The summed E-state index contributed by atoms with van der Waals surface area (Å²) in [5.74, 6) is 0.181. The lowest BCUT2D eigenvalue weighted by Crippen LogP contribution is -2.09. The topological polar surface area (TPSA) is 47.8 Å². The van der Waals surface area contributed by atoms with Crippen molar-refractivity contribution in [3.63, 3.8) is 0 Å². The van der Waals surface area contributed by atoms with E-state index in [0.29, 0.717) is 18.9 Å². The van der Waals surface area contributed by atoms with E-state index in [1.807, 2.05) is 29.1 Å². The van der Waals surface area contributed by atoms with Crippen molar-refractivity contribution >= 4 is 5.78 Å². The van der Waals surface area contributed by atoms with Gasteiger partial charge in [-0.15, -0.1) is 0 Å². The van der Waals surface area contributed by atoms with Gasteiger partial charge in [-0.05, 0) is 37.1 Å². The molecule has 0 radical (unpaired) electrons. The first-order chi connectivity index (χ1) is 9.19. The predicted molar refractivity (Wildman–Crippen MR) is 73.9 cm³/mol. The number of rotatable bonds is 6. The van der Waals surface area contributed by atoms with Crippen LogP contribution in [0.5, 0.6) is 0 Å². The normalized spacial score (nSPS) is 12.3. The highest BCUT2D eigenvalue weighted by Gasteiger charge is 2.09. The number of aromatic nitrogens is 3. The van der Waals surface area contributed by atoms with E-state index >= 15 is 0 Å². The molecule has 0 saturated carbocycles. The van der Waals surface area contributed by atoms with E-state index in [0.717, 1.165) is 17.7 Å². The zero-order valence-corrected chi connectivity index (χ0v) is 11.4. The van der Waals surface area contributed by atoms with Gasteiger partial charge in [0.1, 0.15) is 5.78 Å². The van der Waals surface area contributed by atoms with Gasteiger partial charge in [0, 0.05) is 31.1 Å². The van der Waals surface area contributed by atoms with Gasteiger partial charge in [0.25, 0.3) is 0 Å². The van der Waals surface area contributed by atoms with Crippen LogP contribution in [-0.2, 0) is 17.6 Å². The summed E-state index contributed by atoms with van der Waals surface area (Å²) in [6.45, 7) is 4.25. The maximum absolute atomic E-state index is 12.0. The molecular formula is C15H19N3O. The lowest BCUT2D eigenvalue weighted by molar-refractivity contribution is -0.117. The molecule has 0 aliphatic carbocycles. The summed E-state index contributed by atoms with van der Waals surface area (Å²) >= 11 is 0. The van der Waals surface area contributed by atoms with E-state index in [-0.39, 0.29) is 5.78 Å². The number of hydrogen-bond acceptors (Lipinski definition) is 3. The molecule has 1 unspecified atom stereocenters. The van der Waals surface area contributed by atoms with E-state index in [1.165, 1.54) is 0 Å². The summed E-state index contributed by atoms with van der Waals surface area (Å²) in [6, 6.07) is 6.05. The van der Waals surface area contributed by atoms with Gasteiger partial charge >= 0.3 is 0 Å². The van der Waals surface area contributed by atoms with E-state index in [2.05, 4.69) is 23.9 Å². The van der Waals surface area contributed by atoms with E-state index in [1.54, 1.807) is 12.4 Å². The second-order valence-electron chi connectivity index (χ2n) is 4.79. The Labute approximate surface area is 113 Å². The van der Waals surface area contributed by atoms with Gasteiger partial charge in [-0.25, -0.2) is 0 Å². The fourth-order valence-electron chi connectivity index (χ4n) is 1.90. The molecule has 0 fully saturated rings. The van der Waals surface area contributed by atoms with Crippen LogP contribution in [-0.4, -0.2) is 20.5 Å². The smallest absolute Gasteiger partial charge is 0.143 e. The van der Waals surface area contributed by atoms with E-state index in [9.17, 15) is 4.79 Å². The van der Waals surface area contributed by atoms with Crippen molar-refractivity contribution < 1.29 is 4.79 Å². The minimum absolute atomic E-state index is 0.181. The Kier molecular flexibility index (Phi) is 4.44. The van der Waals surface area contributed by atoms with Gasteiger partial charge < -0.3 is 0 Å². The van der Waals surface area contributed by atoms with E-state index < -0.39 is 0 Å². The van der Waals surface area contributed by atoms with Crippen molar-refractivity contribution in [1.82, 2.24) is 14.8 Å². The Morgan fingerprint density at radius 1 is 1.26 bits per heavy atom. The first-order valence-corrected chi connectivity index (χ1v) is 6.63. The van der Waals surface area contributed by atoms with Crippen molar-refractivity contribution in [2.24, 2.45) is 0 Å². The van der Waals surface area contributed by atoms with Gasteiger partial charge in [-0.2, -0.15) is 5.10 Å². The zero-order chi connectivity index (χ0) is 13.7. The molecule has 19 heavy (non-hydrogen) atoms. The molecule has 2 aromatic heterocycles. The molecule has 0 spiro atoms. The van der Waals surface area contributed by atoms with Crippen molar-refractivity contribution in [3.05, 3.63) is 48.0 Å². The number of pyridine rings is 1. The zero-order valence-electron chi connectivity index (χ0n) is 11.4. The van der Waals surface area contributed by atoms with Crippen LogP contribution in [0.1, 0.15) is 37.6 Å². The van der Waals surface area contributed by atoms with Crippen LogP contribution >= 0.6 is 0 Å². The Morgan fingerprint density at radius 3 is 2.68 bits per heavy atom. The maximum Gasteiger partial charge on any atom is 0.143 e. The third-order valence-electron chi connectivity index (χ3n) is 3.23. The predicted octanol–water partition coefficient (Wildman–Crippen LogP) is 2.60. The molecule has 0 saturated heterocycles. The largest absolute Gasteiger partial charge is 0.299 e. The molecule has 0 aliphatic heterocycles. The van der Waals surface area contributed by atoms with E-state index in [4.69, 9.17) is 0 Å². The lowest BCUT2D eigenvalue weighted by atomic mass is 10.1. The Balaban J connectivity index is 1.94. The van der Waals surface area contributed by atoms with Gasteiger partial charge in [0.15, 0.2) is 0 Å². The molecule has 0 N–H and O–H groups in total. The molecule has 4 nitrogen and oxygen atoms in total. The number of carbonyl (C=O) groups is 1. The first-order valence-electron chi connectivity index (χ1n) is 6.63. The summed E-state index contributed by atoms with van der Waals surface area (Å²) in [5.41, 5.74) is 1.85. The molecule has 1 atom stereocenters. The molecule has 2 heterocycles. The highest BCUT2D eigenvalue weighted by Crippen LogP contribution is 2.10. The quantitative estimate of drug-likeness (QED) is 0.799. The van der Waals surface area contributed by atoms with Crippen LogP contribution < -0.4 is 0 Å². The fourth-order valence-corrected chi connectivity index (χ4v) is 1.90. The fraction of sp³-hybridized carbons (Fsp3) is 0.400. The van der Waals surface area contributed by atoms with Crippen LogP contribution in [0.3, 0.4) is 0 Å². The second kappa shape index (κ2) is 6.27. The van der Waals surface area contributed by atoms with Crippen LogP contribution in [0.4, 0.5) is 0 Å². The molecule has 100 valence electrons. The number of carbonyl (C=O) groups excluding carboxylic acids is 1. The number of Topliss-reactive ketones (excluding diaryl/α,β-unsaturated/α-hetero) is 1. The minimum atomic E-state index is 0.181. The van der Waals surface area contributed by atoms with Gasteiger partial charge in [-0.3, -0.25) is 14.5 Å². The van der Waals surface area contributed by atoms with Crippen LogP contribution in [0.2, 0.25) is 0 Å². The Hall–Kier alpha value is -1.97. The Morgan fingerprint density at radius 2 is 2.00 bits per heavy atom. The molecule has 0 amide bonds. The second-order valence-corrected chi connectivity index (χ2v) is 4.79.